The van der Waals surface area contributed by atoms with Crippen molar-refractivity contribution >= 4 is 17.9 Å². The monoisotopic (exact) mass is 1130 g/mol. The zero-order valence-corrected chi connectivity index (χ0v) is 54.1. The summed E-state index contributed by atoms with van der Waals surface area (Å²) in [7, 11) is 0. The molecule has 0 saturated heterocycles. The molecule has 0 fully saturated rings. The Bertz CT molecular complexity index is 1490. The molecule has 0 aliphatic heterocycles. The highest BCUT2D eigenvalue weighted by Crippen LogP contribution is 2.18. The summed E-state index contributed by atoms with van der Waals surface area (Å²) in [5, 5.41) is 0. The third kappa shape index (κ3) is 67.5. The predicted molar refractivity (Wildman–Crippen MR) is 353 cm³/mol. The maximum absolute atomic E-state index is 12.9. The normalized spacial score (nSPS) is 12.5. The SMILES string of the molecule is CC/C=C\C/C=C\C/C=C\C/C=C\CCCCCCCCCCC(=O)OC(COC(=O)CCCCCCC/C=C\CCCCCC)COC(=O)CCCCCCCCCCCCCCCCCCC/C=C\CCCCCCCCCC. The van der Waals surface area contributed by atoms with Crippen LogP contribution in [0.15, 0.2) is 72.9 Å². The van der Waals surface area contributed by atoms with Gasteiger partial charge in [-0.2, -0.15) is 0 Å². The molecule has 0 bridgehead atoms. The first-order valence-electron chi connectivity index (χ1n) is 35.4. The highest BCUT2D eigenvalue weighted by molar-refractivity contribution is 5.71. The number of hydrogen-bond acceptors (Lipinski definition) is 6. The van der Waals surface area contributed by atoms with E-state index in [1.165, 1.54) is 231 Å². The van der Waals surface area contributed by atoms with Crippen LogP contribution in [0.1, 0.15) is 367 Å². The largest absolute Gasteiger partial charge is 0.462 e. The van der Waals surface area contributed by atoms with E-state index in [9.17, 15) is 14.4 Å². The van der Waals surface area contributed by atoms with Gasteiger partial charge in [0.2, 0.25) is 0 Å². The van der Waals surface area contributed by atoms with Gasteiger partial charge in [0.05, 0.1) is 0 Å². The van der Waals surface area contributed by atoms with Gasteiger partial charge in [-0.3, -0.25) is 14.4 Å². The average Bonchev–Trinajstić information content (AvgIpc) is 3.46. The molecule has 0 amide bonds. The van der Waals surface area contributed by atoms with Gasteiger partial charge in [-0.25, -0.2) is 0 Å². The van der Waals surface area contributed by atoms with Crippen molar-refractivity contribution in [3.63, 3.8) is 0 Å². The van der Waals surface area contributed by atoms with Gasteiger partial charge < -0.3 is 14.2 Å². The molecule has 0 spiro atoms. The van der Waals surface area contributed by atoms with Crippen molar-refractivity contribution in [3.8, 4) is 0 Å². The van der Waals surface area contributed by atoms with Crippen LogP contribution >= 0.6 is 0 Å². The molecule has 0 radical (unpaired) electrons. The molecule has 1 unspecified atom stereocenters. The fourth-order valence-electron chi connectivity index (χ4n) is 10.4. The van der Waals surface area contributed by atoms with Gasteiger partial charge in [0.25, 0.3) is 0 Å². The number of hydrogen-bond donors (Lipinski definition) is 0. The van der Waals surface area contributed by atoms with Crippen molar-refractivity contribution in [1.29, 1.82) is 0 Å². The quantitative estimate of drug-likeness (QED) is 0.0261. The lowest BCUT2D eigenvalue weighted by atomic mass is 10.0. The summed E-state index contributed by atoms with van der Waals surface area (Å²) in [6.45, 7) is 6.55. The summed E-state index contributed by atoms with van der Waals surface area (Å²) in [4.78, 5) is 38.4. The van der Waals surface area contributed by atoms with Crippen molar-refractivity contribution in [3.05, 3.63) is 72.9 Å². The standard InChI is InChI=1S/C75H134O6/c1-4-7-10-13-16-19-22-25-27-29-31-33-34-35-36-37-38-39-40-42-43-45-47-50-53-56-59-62-65-68-74(77)80-71-72(70-79-73(76)67-64-61-58-55-52-49-24-21-18-15-12-9-6-3)81-75(78)69-66-63-60-57-54-51-48-46-44-41-32-30-28-26-23-20-17-14-11-8-5-2/h8,11,17,20-21,24,26,28-29,31-32,41,72H,4-7,9-10,12-16,18-19,22-23,25,27,30,33-40,42-71H2,1-3H3/b11-8-,20-17-,24-21-,28-26-,31-29-,41-32-. The van der Waals surface area contributed by atoms with Gasteiger partial charge in [0.1, 0.15) is 13.2 Å². The topological polar surface area (TPSA) is 78.9 Å². The zero-order chi connectivity index (χ0) is 58.5. The molecule has 0 aromatic heterocycles. The molecule has 0 rings (SSSR count). The molecule has 0 aliphatic rings. The number of allylic oxidation sites excluding steroid dienone is 12. The van der Waals surface area contributed by atoms with E-state index >= 15 is 0 Å². The van der Waals surface area contributed by atoms with Crippen molar-refractivity contribution in [1.82, 2.24) is 0 Å². The second-order valence-corrected chi connectivity index (χ2v) is 23.8. The Morgan fingerprint density at radius 1 is 0.259 bits per heavy atom. The van der Waals surface area contributed by atoms with E-state index in [-0.39, 0.29) is 31.1 Å². The van der Waals surface area contributed by atoms with Gasteiger partial charge in [-0.05, 0) is 109 Å². The van der Waals surface area contributed by atoms with Gasteiger partial charge >= 0.3 is 17.9 Å². The lowest BCUT2D eigenvalue weighted by molar-refractivity contribution is -0.167. The molecule has 0 N–H and O–H groups in total. The van der Waals surface area contributed by atoms with Crippen LogP contribution in [-0.4, -0.2) is 37.2 Å². The summed E-state index contributed by atoms with van der Waals surface area (Å²) >= 11 is 0. The smallest absolute Gasteiger partial charge is 0.306 e. The fraction of sp³-hybridized carbons (Fsp3) is 0.800. The molecule has 0 aromatic rings. The van der Waals surface area contributed by atoms with E-state index in [1.807, 2.05) is 0 Å². The van der Waals surface area contributed by atoms with E-state index in [2.05, 4.69) is 93.7 Å². The number of carbonyl (C=O) groups is 3. The van der Waals surface area contributed by atoms with E-state index in [0.717, 1.165) is 96.3 Å². The average molecular weight is 1130 g/mol. The Labute approximate surface area is 503 Å². The Kier molecular flexibility index (Phi) is 66.6. The Morgan fingerprint density at radius 2 is 0.481 bits per heavy atom. The maximum Gasteiger partial charge on any atom is 0.306 e. The molecule has 0 heterocycles. The predicted octanol–water partition coefficient (Wildman–Crippen LogP) is 24.4. The van der Waals surface area contributed by atoms with Crippen LogP contribution in [0.25, 0.3) is 0 Å². The molecular formula is C75H134O6. The van der Waals surface area contributed by atoms with E-state index in [4.69, 9.17) is 14.2 Å². The third-order valence-electron chi connectivity index (χ3n) is 15.7. The Hall–Kier alpha value is -3.15. The van der Waals surface area contributed by atoms with E-state index in [1.54, 1.807) is 0 Å². The maximum atomic E-state index is 12.9. The minimum absolute atomic E-state index is 0.0783. The summed E-state index contributed by atoms with van der Waals surface area (Å²) in [6.07, 6.45) is 90.8. The fourth-order valence-corrected chi connectivity index (χ4v) is 10.4. The zero-order valence-electron chi connectivity index (χ0n) is 54.1. The van der Waals surface area contributed by atoms with Gasteiger partial charge in [-0.1, -0.05) is 312 Å². The molecule has 0 aliphatic carbocycles. The molecule has 470 valence electrons. The second kappa shape index (κ2) is 69.3. The van der Waals surface area contributed by atoms with Crippen LogP contribution in [0.3, 0.4) is 0 Å². The molecule has 0 aromatic carbocycles. The van der Waals surface area contributed by atoms with Crippen molar-refractivity contribution < 1.29 is 28.6 Å². The highest BCUT2D eigenvalue weighted by Gasteiger charge is 2.19. The van der Waals surface area contributed by atoms with Gasteiger partial charge in [0.15, 0.2) is 6.10 Å². The minimum atomic E-state index is -0.784. The minimum Gasteiger partial charge on any atom is -0.462 e. The van der Waals surface area contributed by atoms with E-state index in [0.29, 0.717) is 19.3 Å². The van der Waals surface area contributed by atoms with Crippen molar-refractivity contribution in [2.45, 2.75) is 374 Å². The van der Waals surface area contributed by atoms with Crippen molar-refractivity contribution in [2.75, 3.05) is 13.2 Å². The van der Waals surface area contributed by atoms with Crippen LogP contribution < -0.4 is 0 Å². The first kappa shape index (κ1) is 77.9. The summed E-state index contributed by atoms with van der Waals surface area (Å²) in [5.74, 6) is -0.876. The number of unbranched alkanes of at least 4 members (excludes halogenated alkanes) is 42. The number of rotatable bonds is 65. The molecule has 6 nitrogen and oxygen atoms in total. The van der Waals surface area contributed by atoms with Crippen molar-refractivity contribution in [2.24, 2.45) is 0 Å². The number of ether oxygens (including phenoxy) is 3. The van der Waals surface area contributed by atoms with Crippen LogP contribution in [0.2, 0.25) is 0 Å². The van der Waals surface area contributed by atoms with Crippen LogP contribution in [0.5, 0.6) is 0 Å². The van der Waals surface area contributed by atoms with Crippen LogP contribution in [0, 0.1) is 0 Å². The summed E-state index contributed by atoms with van der Waals surface area (Å²) in [6, 6.07) is 0. The van der Waals surface area contributed by atoms with E-state index < -0.39 is 6.10 Å². The van der Waals surface area contributed by atoms with Gasteiger partial charge in [-0.15, -0.1) is 0 Å². The first-order valence-corrected chi connectivity index (χ1v) is 35.4. The summed E-state index contributed by atoms with van der Waals surface area (Å²) < 4.78 is 17.0. The third-order valence-corrected chi connectivity index (χ3v) is 15.7. The van der Waals surface area contributed by atoms with Crippen LogP contribution in [0.4, 0.5) is 0 Å². The van der Waals surface area contributed by atoms with Gasteiger partial charge in [0, 0.05) is 19.3 Å². The Balaban J connectivity index is 4.23. The summed E-state index contributed by atoms with van der Waals surface area (Å²) in [5.41, 5.74) is 0. The molecule has 0 saturated carbocycles. The molecule has 6 heteroatoms. The Morgan fingerprint density at radius 3 is 0.778 bits per heavy atom. The molecular weight excluding hydrogens is 997 g/mol. The number of carbonyl (C=O) groups excluding carboxylic acids is 3. The first-order chi connectivity index (χ1) is 40.0. The van der Waals surface area contributed by atoms with Crippen LogP contribution in [-0.2, 0) is 28.6 Å². The molecule has 1 atom stereocenters. The number of esters is 3. The highest BCUT2D eigenvalue weighted by atomic mass is 16.6. The lowest BCUT2D eigenvalue weighted by Crippen LogP contribution is -2.30. The molecule has 81 heavy (non-hydrogen) atoms. The second-order valence-electron chi connectivity index (χ2n) is 23.8. The lowest BCUT2D eigenvalue weighted by Gasteiger charge is -2.18.